The van der Waals surface area contributed by atoms with Crippen molar-refractivity contribution < 1.29 is 36.7 Å². The van der Waals surface area contributed by atoms with E-state index in [0.717, 1.165) is 0 Å². The molecule has 0 bridgehead atoms. The number of ether oxygens (including phenoxy) is 4. The topological polar surface area (TPSA) is 73.8 Å². The normalized spacial score (nSPS) is 30.5. The highest BCUT2D eigenvalue weighted by atomic mass is 28.4. The first-order chi connectivity index (χ1) is 21.2. The Bertz CT molecular complexity index is 998. The van der Waals surface area contributed by atoms with Crippen molar-refractivity contribution in [1.29, 1.82) is 0 Å². The molecule has 2 fully saturated rings. The molecule has 0 radical (unpaired) electrons. The Morgan fingerprint density at radius 1 is 0.396 bits per heavy atom. The van der Waals surface area contributed by atoms with E-state index >= 15 is 0 Å². The molecule has 0 aromatic rings. The zero-order valence-corrected chi connectivity index (χ0v) is 39.0. The fourth-order valence-corrected chi connectivity index (χ4v) is 9.96. The van der Waals surface area contributed by atoms with Gasteiger partial charge in [0, 0.05) is 14.2 Å². The van der Waals surface area contributed by atoms with Crippen molar-refractivity contribution in [3.8, 4) is 0 Å². The van der Waals surface area contributed by atoms with E-state index < -0.39 is 58.1 Å². The van der Waals surface area contributed by atoms with Crippen LogP contribution >= 0.6 is 0 Å². The van der Waals surface area contributed by atoms with Gasteiger partial charge in [0.05, 0.1) is 0 Å². The maximum Gasteiger partial charge on any atom is 0.192 e. The van der Waals surface area contributed by atoms with Crippen LogP contribution in [0.5, 0.6) is 0 Å². The van der Waals surface area contributed by atoms with Crippen LogP contribution < -0.4 is 0 Å². The highest BCUT2D eigenvalue weighted by Gasteiger charge is 2.56. The molecule has 2 rings (SSSR count). The summed E-state index contributed by atoms with van der Waals surface area (Å²) < 4.78 is 53.7. The molecule has 0 spiro atoms. The lowest BCUT2D eigenvalue weighted by Gasteiger charge is -2.44. The summed E-state index contributed by atoms with van der Waals surface area (Å²) in [6.07, 6.45) is 0.811. The van der Waals surface area contributed by atoms with Crippen molar-refractivity contribution >= 4 is 33.3 Å². The summed E-state index contributed by atoms with van der Waals surface area (Å²) in [5.74, 6) is 0. The van der Waals surface area contributed by atoms with E-state index in [-0.39, 0.29) is 44.6 Å². The number of hydrogen-bond donors (Lipinski definition) is 0. The quantitative estimate of drug-likeness (QED) is 0.144. The van der Waals surface area contributed by atoms with Crippen molar-refractivity contribution in [1.82, 2.24) is 0 Å². The van der Waals surface area contributed by atoms with Crippen LogP contribution in [0.1, 0.15) is 83.1 Å². The standard InChI is InChI=1S/C36H76O8Si4/c1-33(2,3)45(15,16)41-27-25(39-31(37-13)29(27)43-47(19,20)35(7,8)9)23-24-26-28(42-46(17,18)34(4,5)6)30(32(38-14)40-26)44-48(21,22)36(10,11)12/h23-32H,1-22H3/b24-23-/t25-,26-,27+,28+,29+,30+,31+,32+/m1/s1. The molecular weight excluding hydrogens is 673 g/mol. The van der Waals surface area contributed by atoms with Gasteiger partial charge in [0.1, 0.15) is 36.6 Å². The van der Waals surface area contributed by atoms with Gasteiger partial charge in [-0.15, -0.1) is 0 Å². The number of rotatable bonds is 12. The molecule has 284 valence electrons. The van der Waals surface area contributed by atoms with Gasteiger partial charge in [-0.3, -0.25) is 0 Å². The largest absolute Gasteiger partial charge is 0.408 e. The summed E-state index contributed by atoms with van der Waals surface area (Å²) in [5.41, 5.74) is 0. The van der Waals surface area contributed by atoms with Gasteiger partial charge in [-0.05, 0) is 72.5 Å². The predicted molar refractivity (Wildman–Crippen MR) is 209 cm³/mol. The molecule has 0 unspecified atom stereocenters. The van der Waals surface area contributed by atoms with Crippen molar-refractivity contribution in [2.75, 3.05) is 14.2 Å². The van der Waals surface area contributed by atoms with Crippen LogP contribution in [0.3, 0.4) is 0 Å². The molecule has 0 N–H and O–H groups in total. The fourth-order valence-electron chi connectivity index (χ4n) is 4.79. The summed E-state index contributed by atoms with van der Waals surface area (Å²) in [6.45, 7) is 45.3. The summed E-state index contributed by atoms with van der Waals surface area (Å²) in [4.78, 5) is 0. The summed E-state index contributed by atoms with van der Waals surface area (Å²) in [7, 11) is -5.50. The third-order valence-electron chi connectivity index (χ3n) is 12.3. The van der Waals surface area contributed by atoms with Crippen LogP contribution in [-0.2, 0) is 36.7 Å². The van der Waals surface area contributed by atoms with Crippen molar-refractivity contribution in [3.63, 3.8) is 0 Å². The van der Waals surface area contributed by atoms with Gasteiger partial charge in [0.25, 0.3) is 0 Å². The first-order valence-corrected chi connectivity index (χ1v) is 29.6. The van der Waals surface area contributed by atoms with Crippen molar-refractivity contribution in [2.24, 2.45) is 0 Å². The van der Waals surface area contributed by atoms with Gasteiger partial charge < -0.3 is 36.7 Å². The third-order valence-corrected chi connectivity index (χ3v) is 30.2. The fraction of sp³-hybridized carbons (Fsp3) is 0.944. The Labute approximate surface area is 300 Å². The lowest BCUT2D eigenvalue weighted by atomic mass is 10.1. The zero-order valence-electron chi connectivity index (χ0n) is 35.0. The van der Waals surface area contributed by atoms with Crippen LogP contribution in [0.25, 0.3) is 0 Å². The van der Waals surface area contributed by atoms with E-state index in [0.29, 0.717) is 0 Å². The summed E-state index contributed by atoms with van der Waals surface area (Å²) >= 11 is 0. The third kappa shape index (κ3) is 10.0. The van der Waals surface area contributed by atoms with Crippen LogP contribution in [0, 0.1) is 0 Å². The van der Waals surface area contributed by atoms with Gasteiger partial charge in [-0.1, -0.05) is 95.2 Å². The molecule has 0 aromatic heterocycles. The molecule has 2 aliphatic heterocycles. The maximum absolute atomic E-state index is 7.18. The Morgan fingerprint density at radius 2 is 0.604 bits per heavy atom. The minimum absolute atomic E-state index is 0.00457. The molecule has 2 saturated heterocycles. The smallest absolute Gasteiger partial charge is 0.192 e. The molecule has 48 heavy (non-hydrogen) atoms. The minimum Gasteiger partial charge on any atom is -0.408 e. The van der Waals surface area contributed by atoms with Gasteiger partial charge in [-0.25, -0.2) is 0 Å². The summed E-state index contributed by atoms with van der Waals surface area (Å²) in [6, 6.07) is 0. The van der Waals surface area contributed by atoms with E-state index in [4.69, 9.17) is 36.7 Å². The SMILES string of the molecule is CO[C@H]1O[C@H](/C=C\[C@H]2O[C@H](OC)[C@@H](O[Si](C)(C)C(C)(C)C)[C@H]2O[Si](C)(C)C(C)(C)C)[C@H](O[Si](C)(C)C(C)(C)C)[C@@H]1O[Si](C)(C)C(C)(C)C. The molecule has 2 heterocycles. The second kappa shape index (κ2) is 15.0. The van der Waals surface area contributed by atoms with Crippen molar-refractivity contribution in [3.05, 3.63) is 12.2 Å². The average molecular weight is 749 g/mol. The predicted octanol–water partition coefficient (Wildman–Crippen LogP) is 9.85. The summed E-state index contributed by atoms with van der Waals surface area (Å²) in [5, 5.41) is 0.0390. The zero-order chi connectivity index (χ0) is 37.7. The van der Waals surface area contributed by atoms with Crippen LogP contribution in [-0.4, -0.2) is 96.7 Å². The minimum atomic E-state index is -2.24. The van der Waals surface area contributed by atoms with Crippen LogP contribution in [0.2, 0.25) is 72.5 Å². The van der Waals surface area contributed by atoms with Crippen molar-refractivity contribution in [2.45, 2.75) is 205 Å². The van der Waals surface area contributed by atoms with E-state index in [1.54, 1.807) is 14.2 Å². The number of hydrogen-bond acceptors (Lipinski definition) is 8. The van der Waals surface area contributed by atoms with E-state index in [1.807, 2.05) is 0 Å². The molecule has 0 aliphatic carbocycles. The second-order valence-electron chi connectivity index (χ2n) is 20.2. The lowest BCUT2D eigenvalue weighted by Crippen LogP contribution is -2.54. The molecule has 8 nitrogen and oxygen atoms in total. The van der Waals surface area contributed by atoms with E-state index in [1.165, 1.54) is 0 Å². The molecule has 0 amide bonds. The van der Waals surface area contributed by atoms with E-state index in [9.17, 15) is 0 Å². The molecule has 8 atom stereocenters. The number of methoxy groups -OCH3 is 2. The van der Waals surface area contributed by atoms with Gasteiger partial charge >= 0.3 is 0 Å². The maximum atomic E-state index is 7.18. The highest BCUT2D eigenvalue weighted by Crippen LogP contribution is 2.46. The second-order valence-corrected chi connectivity index (χ2v) is 39.2. The van der Waals surface area contributed by atoms with Crippen LogP contribution in [0.15, 0.2) is 12.2 Å². The van der Waals surface area contributed by atoms with Gasteiger partial charge in [0.15, 0.2) is 45.8 Å². The van der Waals surface area contributed by atoms with Gasteiger partial charge in [-0.2, -0.15) is 0 Å². The lowest BCUT2D eigenvalue weighted by molar-refractivity contribution is -0.141. The Hall–Kier alpha value is 0.288. The monoisotopic (exact) mass is 748 g/mol. The highest BCUT2D eigenvalue weighted by molar-refractivity contribution is 6.75. The molecule has 2 aliphatic rings. The molecular formula is C36H76O8Si4. The van der Waals surface area contributed by atoms with Crippen LogP contribution in [0.4, 0.5) is 0 Å². The van der Waals surface area contributed by atoms with Gasteiger partial charge in [0.2, 0.25) is 0 Å². The molecule has 0 aromatic carbocycles. The Kier molecular flexibility index (Phi) is 13.9. The molecule has 0 saturated carbocycles. The first-order valence-electron chi connectivity index (χ1n) is 18.0. The first kappa shape index (κ1) is 44.4. The Balaban J connectivity index is 2.63. The Morgan fingerprint density at radius 3 is 0.792 bits per heavy atom. The molecule has 12 heteroatoms. The van der Waals surface area contributed by atoms with E-state index in [2.05, 4.69) is 148 Å². The average Bonchev–Trinajstić information content (AvgIpc) is 3.35.